The molecule has 1 heterocycles. The number of hydrogen-bond donors (Lipinski definition) is 1. The van der Waals surface area contributed by atoms with E-state index >= 15 is 0 Å². The molecule has 5 nitrogen and oxygen atoms in total. The van der Waals surface area contributed by atoms with E-state index in [2.05, 4.69) is 62.6 Å². The molecule has 90 valence electrons. The van der Waals surface area contributed by atoms with Crippen molar-refractivity contribution in [2.45, 2.75) is 20.4 Å². The van der Waals surface area contributed by atoms with E-state index < -0.39 is 0 Å². The molecule has 6 heteroatoms. The van der Waals surface area contributed by atoms with Crippen molar-refractivity contribution < 1.29 is 0 Å². The van der Waals surface area contributed by atoms with E-state index in [9.17, 15) is 0 Å². The van der Waals surface area contributed by atoms with Crippen LogP contribution in [-0.4, -0.2) is 20.2 Å². The Bertz CT molecular complexity index is 511. The third kappa shape index (κ3) is 2.82. The largest absolute Gasteiger partial charge is 0.377 e. The van der Waals surface area contributed by atoms with E-state index in [0.717, 1.165) is 10.2 Å². The quantitative estimate of drug-likeness (QED) is 0.943. The molecule has 0 spiro atoms. The topological polar surface area (TPSA) is 55.6 Å². The molecule has 0 aliphatic rings. The molecule has 0 atom stereocenters. The van der Waals surface area contributed by atoms with Gasteiger partial charge in [-0.3, -0.25) is 0 Å². The number of halogens is 1. The van der Waals surface area contributed by atoms with Crippen molar-refractivity contribution >= 4 is 21.6 Å². The van der Waals surface area contributed by atoms with Crippen molar-refractivity contribution in [2.24, 2.45) is 7.05 Å². The summed E-state index contributed by atoms with van der Waals surface area (Å²) < 4.78 is 1.09. The van der Waals surface area contributed by atoms with Gasteiger partial charge in [0.25, 0.3) is 0 Å². The van der Waals surface area contributed by atoms with Gasteiger partial charge in [-0.15, -0.1) is 10.2 Å². The van der Waals surface area contributed by atoms with Gasteiger partial charge in [-0.25, -0.2) is 0 Å². The first-order valence-corrected chi connectivity index (χ1v) is 6.09. The fraction of sp³-hybridized carbons (Fsp3) is 0.364. The summed E-state index contributed by atoms with van der Waals surface area (Å²) in [7, 11) is 1.76. The van der Waals surface area contributed by atoms with Crippen LogP contribution in [0.5, 0.6) is 0 Å². The average molecular weight is 296 g/mol. The van der Waals surface area contributed by atoms with Crippen LogP contribution in [0.3, 0.4) is 0 Å². The predicted octanol–water partition coefficient (Wildman–Crippen LogP) is 2.20. The SMILES string of the molecule is Cc1cc(Br)cc(C)c1NCc1nnn(C)n1. The maximum atomic E-state index is 4.13. The summed E-state index contributed by atoms with van der Waals surface area (Å²) in [5.74, 6) is 0.689. The number of anilines is 1. The predicted molar refractivity (Wildman–Crippen MR) is 69.7 cm³/mol. The van der Waals surface area contributed by atoms with Crippen molar-refractivity contribution in [3.05, 3.63) is 33.6 Å². The molecular formula is C11H14BrN5. The van der Waals surface area contributed by atoms with Crippen LogP contribution < -0.4 is 5.32 Å². The zero-order valence-electron chi connectivity index (χ0n) is 10.0. The Kier molecular flexibility index (Phi) is 3.42. The first kappa shape index (κ1) is 12.0. The molecule has 0 aliphatic heterocycles. The number of hydrogen-bond acceptors (Lipinski definition) is 4. The van der Waals surface area contributed by atoms with Gasteiger partial charge in [0.05, 0.1) is 13.6 Å². The van der Waals surface area contributed by atoms with Crippen LogP contribution in [-0.2, 0) is 13.6 Å². The minimum atomic E-state index is 0.581. The van der Waals surface area contributed by atoms with Crippen molar-refractivity contribution in [2.75, 3.05) is 5.32 Å². The number of aromatic nitrogens is 4. The standard InChI is InChI=1S/C11H14BrN5/c1-7-4-9(12)5-8(2)11(7)13-6-10-14-16-17(3)15-10/h4-5,13H,6H2,1-3H3. The van der Waals surface area contributed by atoms with E-state index in [-0.39, 0.29) is 0 Å². The lowest BCUT2D eigenvalue weighted by Gasteiger charge is -2.11. The van der Waals surface area contributed by atoms with Crippen molar-refractivity contribution in [3.8, 4) is 0 Å². The molecule has 0 aliphatic carbocycles. The molecule has 0 bridgehead atoms. The Morgan fingerprint density at radius 3 is 2.47 bits per heavy atom. The van der Waals surface area contributed by atoms with Crippen molar-refractivity contribution in [1.82, 2.24) is 20.2 Å². The molecule has 0 saturated carbocycles. The first-order chi connectivity index (χ1) is 8.06. The molecule has 0 unspecified atom stereocenters. The van der Waals surface area contributed by atoms with Crippen LogP contribution in [0.2, 0.25) is 0 Å². The number of benzene rings is 1. The van der Waals surface area contributed by atoms with E-state index in [0.29, 0.717) is 12.4 Å². The summed E-state index contributed by atoms with van der Waals surface area (Å²) in [4.78, 5) is 1.46. The second-order valence-electron chi connectivity index (χ2n) is 3.96. The van der Waals surface area contributed by atoms with Gasteiger partial charge in [0.1, 0.15) is 0 Å². The molecule has 1 aromatic carbocycles. The summed E-state index contributed by atoms with van der Waals surface area (Å²) in [5.41, 5.74) is 3.52. The third-order valence-corrected chi connectivity index (χ3v) is 2.93. The van der Waals surface area contributed by atoms with Gasteiger partial charge in [0.2, 0.25) is 0 Å². The van der Waals surface area contributed by atoms with Gasteiger partial charge in [-0.05, 0) is 42.3 Å². The molecular weight excluding hydrogens is 282 g/mol. The number of nitrogens with zero attached hydrogens (tertiary/aromatic N) is 4. The van der Waals surface area contributed by atoms with E-state index in [1.54, 1.807) is 7.05 Å². The van der Waals surface area contributed by atoms with Crippen LogP contribution in [0.25, 0.3) is 0 Å². The van der Waals surface area contributed by atoms with Gasteiger partial charge in [0, 0.05) is 10.2 Å². The molecule has 2 aromatic rings. The van der Waals surface area contributed by atoms with Gasteiger partial charge >= 0.3 is 0 Å². The molecule has 1 aromatic heterocycles. The molecule has 1 N–H and O–H groups in total. The lowest BCUT2D eigenvalue weighted by Crippen LogP contribution is -2.05. The molecule has 0 amide bonds. The highest BCUT2D eigenvalue weighted by atomic mass is 79.9. The first-order valence-electron chi connectivity index (χ1n) is 5.30. The number of rotatable bonds is 3. The van der Waals surface area contributed by atoms with Gasteiger partial charge in [0.15, 0.2) is 5.82 Å². The molecule has 0 saturated heterocycles. The molecule has 0 radical (unpaired) electrons. The molecule has 17 heavy (non-hydrogen) atoms. The smallest absolute Gasteiger partial charge is 0.193 e. The van der Waals surface area contributed by atoms with Crippen molar-refractivity contribution in [1.29, 1.82) is 0 Å². The fourth-order valence-electron chi connectivity index (χ4n) is 1.75. The lowest BCUT2D eigenvalue weighted by atomic mass is 10.1. The zero-order valence-corrected chi connectivity index (χ0v) is 11.6. The minimum absolute atomic E-state index is 0.581. The Morgan fingerprint density at radius 2 is 1.94 bits per heavy atom. The summed E-state index contributed by atoms with van der Waals surface area (Å²) in [5, 5.41) is 15.2. The zero-order chi connectivity index (χ0) is 12.4. The number of nitrogens with one attached hydrogen (secondary N) is 1. The Balaban J connectivity index is 2.14. The second kappa shape index (κ2) is 4.83. The van der Waals surface area contributed by atoms with Crippen LogP contribution in [0.1, 0.15) is 17.0 Å². The summed E-state index contributed by atoms with van der Waals surface area (Å²) >= 11 is 3.48. The highest BCUT2D eigenvalue weighted by molar-refractivity contribution is 9.10. The van der Waals surface area contributed by atoms with Crippen LogP contribution in [0.15, 0.2) is 16.6 Å². The van der Waals surface area contributed by atoms with E-state index in [4.69, 9.17) is 0 Å². The monoisotopic (exact) mass is 295 g/mol. The number of aryl methyl sites for hydroxylation is 3. The maximum absolute atomic E-state index is 4.13. The highest BCUT2D eigenvalue weighted by Crippen LogP contribution is 2.25. The van der Waals surface area contributed by atoms with Gasteiger partial charge < -0.3 is 5.32 Å². The number of tetrazole rings is 1. The van der Waals surface area contributed by atoms with Gasteiger partial charge in [-0.2, -0.15) is 4.80 Å². The maximum Gasteiger partial charge on any atom is 0.193 e. The summed E-state index contributed by atoms with van der Waals surface area (Å²) in [6, 6.07) is 4.17. The van der Waals surface area contributed by atoms with Crippen LogP contribution in [0.4, 0.5) is 5.69 Å². The van der Waals surface area contributed by atoms with E-state index in [1.807, 2.05) is 0 Å². The minimum Gasteiger partial charge on any atom is -0.377 e. The van der Waals surface area contributed by atoms with Crippen LogP contribution >= 0.6 is 15.9 Å². The Hall–Kier alpha value is -1.43. The Morgan fingerprint density at radius 1 is 1.29 bits per heavy atom. The second-order valence-corrected chi connectivity index (χ2v) is 4.88. The normalized spacial score (nSPS) is 10.6. The molecule has 0 fully saturated rings. The average Bonchev–Trinajstić information content (AvgIpc) is 2.62. The fourth-order valence-corrected chi connectivity index (χ4v) is 2.44. The van der Waals surface area contributed by atoms with Crippen LogP contribution in [0, 0.1) is 13.8 Å². The lowest BCUT2D eigenvalue weighted by molar-refractivity contribution is 0.628. The van der Waals surface area contributed by atoms with Crippen molar-refractivity contribution in [3.63, 3.8) is 0 Å². The van der Waals surface area contributed by atoms with E-state index in [1.165, 1.54) is 15.9 Å². The molecule has 2 rings (SSSR count). The Labute approximate surface area is 108 Å². The highest BCUT2D eigenvalue weighted by Gasteiger charge is 2.06. The summed E-state index contributed by atoms with van der Waals surface area (Å²) in [6.45, 7) is 4.73. The third-order valence-electron chi connectivity index (χ3n) is 2.47. The van der Waals surface area contributed by atoms with Gasteiger partial charge in [-0.1, -0.05) is 15.9 Å². The summed E-state index contributed by atoms with van der Waals surface area (Å²) in [6.07, 6.45) is 0.